The van der Waals surface area contributed by atoms with E-state index in [9.17, 15) is 9.59 Å². The molecule has 0 saturated heterocycles. The lowest BCUT2D eigenvalue weighted by Gasteiger charge is -2.08. The van der Waals surface area contributed by atoms with Crippen molar-refractivity contribution in [1.82, 2.24) is 4.98 Å². The fourth-order valence-corrected chi connectivity index (χ4v) is 1.93. The normalized spacial score (nSPS) is 10.0. The van der Waals surface area contributed by atoms with Crippen molar-refractivity contribution in [2.45, 2.75) is 6.42 Å². The van der Waals surface area contributed by atoms with Gasteiger partial charge in [-0.2, -0.15) is 0 Å². The van der Waals surface area contributed by atoms with Gasteiger partial charge in [0.25, 0.3) is 0 Å². The molecule has 0 aliphatic rings. The molecule has 0 aliphatic carbocycles. The number of hydrogen-bond donors (Lipinski definition) is 3. The van der Waals surface area contributed by atoms with E-state index in [1.807, 2.05) is 0 Å². The zero-order valence-electron chi connectivity index (χ0n) is 11.5. The summed E-state index contributed by atoms with van der Waals surface area (Å²) in [7, 11) is 0. The minimum atomic E-state index is -1.00. The van der Waals surface area contributed by atoms with Crippen molar-refractivity contribution in [3.05, 3.63) is 53.3 Å². The topological polar surface area (TPSA) is 91.3 Å². The van der Waals surface area contributed by atoms with E-state index >= 15 is 0 Å². The Morgan fingerprint density at radius 1 is 1.14 bits per heavy atom. The SMILES string of the molecule is O=C(CCNc1ccnc(Cl)c1)Nc1ccc(C(=O)O)cc1. The van der Waals surface area contributed by atoms with Gasteiger partial charge in [0.2, 0.25) is 5.91 Å². The Hall–Kier alpha value is -2.60. The summed E-state index contributed by atoms with van der Waals surface area (Å²) in [6.07, 6.45) is 1.84. The first-order valence-corrected chi connectivity index (χ1v) is 6.91. The molecule has 0 spiro atoms. The molecule has 2 rings (SSSR count). The summed E-state index contributed by atoms with van der Waals surface area (Å²) in [4.78, 5) is 26.4. The number of aromatic carboxylic acids is 1. The third-order valence-electron chi connectivity index (χ3n) is 2.82. The number of carbonyl (C=O) groups excluding carboxylic acids is 1. The van der Waals surface area contributed by atoms with Crippen molar-refractivity contribution in [3.63, 3.8) is 0 Å². The number of hydrogen-bond acceptors (Lipinski definition) is 4. The first-order valence-electron chi connectivity index (χ1n) is 6.53. The minimum Gasteiger partial charge on any atom is -0.478 e. The van der Waals surface area contributed by atoms with Crippen LogP contribution in [0.1, 0.15) is 16.8 Å². The lowest BCUT2D eigenvalue weighted by atomic mass is 10.2. The summed E-state index contributed by atoms with van der Waals surface area (Å²) in [5.74, 6) is -1.17. The summed E-state index contributed by atoms with van der Waals surface area (Å²) in [5, 5.41) is 14.9. The van der Waals surface area contributed by atoms with Crippen LogP contribution in [-0.4, -0.2) is 28.5 Å². The van der Waals surface area contributed by atoms with Gasteiger partial charge in [-0.15, -0.1) is 0 Å². The molecule has 1 aromatic carbocycles. The molecule has 0 unspecified atom stereocenters. The van der Waals surface area contributed by atoms with Crippen LogP contribution in [0.25, 0.3) is 0 Å². The predicted molar refractivity (Wildman–Crippen MR) is 84.4 cm³/mol. The summed E-state index contributed by atoms with van der Waals surface area (Å²) in [6.45, 7) is 0.444. The molecule has 0 bridgehead atoms. The minimum absolute atomic E-state index is 0.171. The largest absolute Gasteiger partial charge is 0.478 e. The Labute approximate surface area is 132 Å². The zero-order chi connectivity index (χ0) is 15.9. The highest BCUT2D eigenvalue weighted by molar-refractivity contribution is 6.29. The Bertz CT molecular complexity index is 674. The number of pyridine rings is 1. The van der Waals surface area contributed by atoms with Crippen LogP contribution in [0.2, 0.25) is 5.15 Å². The number of carboxylic acids is 1. The maximum absolute atomic E-state index is 11.8. The summed E-state index contributed by atoms with van der Waals surface area (Å²) in [5.41, 5.74) is 1.52. The van der Waals surface area contributed by atoms with Crippen LogP contribution in [0.4, 0.5) is 11.4 Å². The van der Waals surface area contributed by atoms with E-state index in [4.69, 9.17) is 16.7 Å². The number of amides is 1. The van der Waals surface area contributed by atoms with Crippen molar-refractivity contribution < 1.29 is 14.7 Å². The van der Waals surface area contributed by atoms with Gasteiger partial charge in [-0.05, 0) is 36.4 Å². The van der Waals surface area contributed by atoms with Crippen LogP contribution in [0.15, 0.2) is 42.6 Å². The van der Waals surface area contributed by atoms with Gasteiger partial charge in [-0.3, -0.25) is 4.79 Å². The Morgan fingerprint density at radius 3 is 2.50 bits per heavy atom. The summed E-state index contributed by atoms with van der Waals surface area (Å²) < 4.78 is 0. The summed E-state index contributed by atoms with van der Waals surface area (Å²) in [6, 6.07) is 9.41. The first kappa shape index (κ1) is 15.8. The Morgan fingerprint density at radius 2 is 1.86 bits per heavy atom. The summed E-state index contributed by atoms with van der Waals surface area (Å²) >= 11 is 5.76. The van der Waals surface area contributed by atoms with Crippen molar-refractivity contribution in [1.29, 1.82) is 0 Å². The Kier molecular flexibility index (Phi) is 5.32. The smallest absolute Gasteiger partial charge is 0.335 e. The van der Waals surface area contributed by atoms with Gasteiger partial charge in [-0.25, -0.2) is 9.78 Å². The van der Waals surface area contributed by atoms with E-state index in [1.165, 1.54) is 12.1 Å². The van der Waals surface area contributed by atoms with E-state index in [0.29, 0.717) is 17.4 Å². The van der Waals surface area contributed by atoms with Crippen LogP contribution in [0.3, 0.4) is 0 Å². The van der Waals surface area contributed by atoms with Crippen LogP contribution in [0.5, 0.6) is 0 Å². The molecule has 7 heteroatoms. The second kappa shape index (κ2) is 7.42. The van der Waals surface area contributed by atoms with Crippen molar-refractivity contribution in [2.24, 2.45) is 0 Å². The van der Waals surface area contributed by atoms with Crippen molar-refractivity contribution in [3.8, 4) is 0 Å². The molecule has 0 saturated carbocycles. The number of halogens is 1. The molecule has 1 aromatic heterocycles. The van der Waals surface area contributed by atoms with Crippen molar-refractivity contribution in [2.75, 3.05) is 17.2 Å². The van der Waals surface area contributed by atoms with E-state index in [1.54, 1.807) is 30.5 Å². The molecule has 6 nitrogen and oxygen atoms in total. The highest BCUT2D eigenvalue weighted by Gasteiger charge is 2.05. The number of rotatable bonds is 6. The molecule has 0 aliphatic heterocycles. The highest BCUT2D eigenvalue weighted by Crippen LogP contribution is 2.12. The standard InChI is InChI=1S/C15H14ClN3O3/c16-13-9-12(5-7-18-13)17-8-6-14(20)19-11-3-1-10(2-4-11)15(21)22/h1-5,7,9H,6,8H2,(H,17,18)(H,19,20)(H,21,22). The van der Waals surface area contributed by atoms with Crippen LogP contribution in [0, 0.1) is 0 Å². The third-order valence-corrected chi connectivity index (χ3v) is 3.03. The molecular formula is C15H14ClN3O3. The number of aromatic nitrogens is 1. The molecule has 2 aromatic rings. The van der Waals surface area contributed by atoms with Crippen LogP contribution in [-0.2, 0) is 4.79 Å². The molecule has 0 fully saturated rings. The molecule has 22 heavy (non-hydrogen) atoms. The van der Waals surface area contributed by atoms with Gasteiger partial charge in [0.05, 0.1) is 5.56 Å². The lowest BCUT2D eigenvalue weighted by Crippen LogP contribution is -2.16. The maximum atomic E-state index is 11.8. The fraction of sp³-hybridized carbons (Fsp3) is 0.133. The zero-order valence-corrected chi connectivity index (χ0v) is 12.3. The molecular weight excluding hydrogens is 306 g/mol. The predicted octanol–water partition coefficient (Wildman–Crippen LogP) is 2.87. The fourth-order valence-electron chi connectivity index (χ4n) is 1.75. The number of nitrogens with zero attached hydrogens (tertiary/aromatic N) is 1. The number of nitrogens with one attached hydrogen (secondary N) is 2. The lowest BCUT2D eigenvalue weighted by molar-refractivity contribution is -0.115. The maximum Gasteiger partial charge on any atom is 0.335 e. The second-order valence-corrected chi connectivity index (χ2v) is 4.86. The molecule has 114 valence electrons. The monoisotopic (exact) mass is 319 g/mol. The molecule has 0 atom stereocenters. The second-order valence-electron chi connectivity index (χ2n) is 4.47. The van der Waals surface area contributed by atoms with E-state index in [2.05, 4.69) is 15.6 Å². The number of anilines is 2. The molecule has 1 amide bonds. The number of carbonyl (C=O) groups is 2. The van der Waals surface area contributed by atoms with Gasteiger partial charge in [0.1, 0.15) is 5.15 Å². The third kappa shape index (κ3) is 4.75. The van der Waals surface area contributed by atoms with Gasteiger partial charge in [0, 0.05) is 30.5 Å². The van der Waals surface area contributed by atoms with Gasteiger partial charge >= 0.3 is 5.97 Å². The molecule has 3 N–H and O–H groups in total. The van der Waals surface area contributed by atoms with Crippen LogP contribution < -0.4 is 10.6 Å². The first-order chi connectivity index (χ1) is 10.5. The number of carboxylic acid groups (broad SMARTS) is 1. The molecule has 1 heterocycles. The average Bonchev–Trinajstić information content (AvgIpc) is 2.48. The van der Waals surface area contributed by atoms with E-state index < -0.39 is 5.97 Å². The molecule has 0 radical (unpaired) electrons. The van der Waals surface area contributed by atoms with Gasteiger partial charge in [0.15, 0.2) is 0 Å². The Balaban J connectivity index is 1.79. The average molecular weight is 320 g/mol. The van der Waals surface area contributed by atoms with E-state index in [0.717, 1.165) is 5.69 Å². The number of benzene rings is 1. The highest BCUT2D eigenvalue weighted by atomic mass is 35.5. The van der Waals surface area contributed by atoms with Gasteiger partial charge < -0.3 is 15.7 Å². The quantitative estimate of drug-likeness (QED) is 0.712. The van der Waals surface area contributed by atoms with E-state index in [-0.39, 0.29) is 17.9 Å². The van der Waals surface area contributed by atoms with Crippen molar-refractivity contribution >= 4 is 34.9 Å². The van der Waals surface area contributed by atoms with Gasteiger partial charge in [-0.1, -0.05) is 11.6 Å². The van der Waals surface area contributed by atoms with Crippen LogP contribution >= 0.6 is 11.6 Å².